The second-order valence-electron chi connectivity index (χ2n) is 5.17. The van der Waals surface area contributed by atoms with Crippen LogP contribution in [-0.2, 0) is 9.53 Å². The monoisotopic (exact) mass is 255 g/mol. The van der Waals surface area contributed by atoms with Gasteiger partial charge in [0.1, 0.15) is 6.10 Å². The maximum atomic E-state index is 12.5. The standard InChI is InChI=1S/C13H25N3O2/c1-2-15-7-8-18-12(10-15)13(17)16-6-4-3-5-11(16)9-14/h11-12H,2-10,14H2,1H3/t11-,12+/m0/s1. The van der Waals surface area contributed by atoms with E-state index in [9.17, 15) is 4.79 Å². The highest BCUT2D eigenvalue weighted by atomic mass is 16.5. The van der Waals surface area contributed by atoms with Gasteiger partial charge in [-0.2, -0.15) is 0 Å². The van der Waals surface area contributed by atoms with E-state index in [1.54, 1.807) is 0 Å². The van der Waals surface area contributed by atoms with E-state index in [0.29, 0.717) is 13.2 Å². The van der Waals surface area contributed by atoms with Crippen molar-refractivity contribution in [3.8, 4) is 0 Å². The zero-order valence-electron chi connectivity index (χ0n) is 11.3. The molecule has 0 aliphatic carbocycles. The van der Waals surface area contributed by atoms with Gasteiger partial charge in [-0.1, -0.05) is 6.92 Å². The fourth-order valence-corrected chi connectivity index (χ4v) is 2.86. The first kappa shape index (κ1) is 13.8. The van der Waals surface area contributed by atoms with E-state index in [2.05, 4.69) is 11.8 Å². The molecule has 2 saturated heterocycles. The summed E-state index contributed by atoms with van der Waals surface area (Å²) in [5, 5.41) is 0. The number of carbonyl (C=O) groups excluding carboxylic acids is 1. The van der Waals surface area contributed by atoms with Gasteiger partial charge >= 0.3 is 0 Å². The third-order valence-electron chi connectivity index (χ3n) is 4.06. The molecule has 0 aromatic rings. The average Bonchev–Trinajstić information content (AvgIpc) is 2.46. The van der Waals surface area contributed by atoms with Crippen molar-refractivity contribution in [2.45, 2.75) is 38.3 Å². The summed E-state index contributed by atoms with van der Waals surface area (Å²) < 4.78 is 5.64. The third kappa shape index (κ3) is 3.02. The van der Waals surface area contributed by atoms with Crippen molar-refractivity contribution in [3.63, 3.8) is 0 Å². The molecule has 2 heterocycles. The van der Waals surface area contributed by atoms with Crippen molar-refractivity contribution in [1.82, 2.24) is 9.80 Å². The van der Waals surface area contributed by atoms with Crippen LogP contribution in [-0.4, -0.2) is 67.2 Å². The van der Waals surface area contributed by atoms with Crippen LogP contribution in [0.2, 0.25) is 0 Å². The minimum Gasteiger partial charge on any atom is -0.366 e. The largest absolute Gasteiger partial charge is 0.366 e. The fourth-order valence-electron chi connectivity index (χ4n) is 2.86. The molecule has 2 rings (SSSR count). The lowest BCUT2D eigenvalue weighted by Gasteiger charge is -2.39. The molecule has 0 spiro atoms. The van der Waals surface area contributed by atoms with Crippen LogP contribution in [0.1, 0.15) is 26.2 Å². The Kier molecular flexibility index (Phi) is 4.97. The zero-order valence-corrected chi connectivity index (χ0v) is 11.3. The molecule has 5 heteroatoms. The Bertz CT molecular complexity index is 285. The van der Waals surface area contributed by atoms with E-state index in [-0.39, 0.29) is 18.1 Å². The lowest BCUT2D eigenvalue weighted by molar-refractivity contribution is -0.152. The number of nitrogens with zero attached hydrogens (tertiary/aromatic N) is 2. The molecule has 2 aliphatic rings. The second kappa shape index (κ2) is 6.50. The Labute approximate surface area is 109 Å². The number of nitrogens with two attached hydrogens (primary N) is 1. The van der Waals surface area contributed by atoms with Crippen molar-refractivity contribution < 1.29 is 9.53 Å². The van der Waals surface area contributed by atoms with Crippen molar-refractivity contribution in [2.24, 2.45) is 5.73 Å². The number of carbonyl (C=O) groups is 1. The van der Waals surface area contributed by atoms with Crippen LogP contribution in [0.5, 0.6) is 0 Å². The van der Waals surface area contributed by atoms with Gasteiger partial charge in [0, 0.05) is 32.2 Å². The van der Waals surface area contributed by atoms with Gasteiger partial charge < -0.3 is 15.4 Å². The van der Waals surface area contributed by atoms with Crippen molar-refractivity contribution in [2.75, 3.05) is 39.3 Å². The van der Waals surface area contributed by atoms with Gasteiger partial charge in [0.25, 0.3) is 5.91 Å². The van der Waals surface area contributed by atoms with E-state index in [4.69, 9.17) is 10.5 Å². The van der Waals surface area contributed by atoms with Gasteiger partial charge in [0.15, 0.2) is 0 Å². The van der Waals surface area contributed by atoms with E-state index >= 15 is 0 Å². The molecule has 0 aromatic heterocycles. The number of rotatable bonds is 3. The van der Waals surface area contributed by atoms with Crippen molar-refractivity contribution in [3.05, 3.63) is 0 Å². The highest BCUT2D eigenvalue weighted by Crippen LogP contribution is 2.19. The minimum atomic E-state index is -0.286. The number of hydrogen-bond donors (Lipinski definition) is 1. The van der Waals surface area contributed by atoms with Crippen LogP contribution >= 0.6 is 0 Å². The van der Waals surface area contributed by atoms with E-state index in [0.717, 1.165) is 39.0 Å². The number of likely N-dealkylation sites (tertiary alicyclic amines) is 1. The summed E-state index contributed by atoms with van der Waals surface area (Å²) in [6.45, 7) is 6.82. The Morgan fingerprint density at radius 1 is 1.39 bits per heavy atom. The van der Waals surface area contributed by atoms with Crippen molar-refractivity contribution in [1.29, 1.82) is 0 Å². The van der Waals surface area contributed by atoms with E-state index in [1.807, 2.05) is 4.90 Å². The second-order valence-corrected chi connectivity index (χ2v) is 5.17. The molecule has 0 bridgehead atoms. The molecule has 2 N–H and O–H groups in total. The fraction of sp³-hybridized carbons (Fsp3) is 0.923. The molecule has 2 atom stereocenters. The smallest absolute Gasteiger partial charge is 0.253 e. The Morgan fingerprint density at radius 2 is 2.22 bits per heavy atom. The first-order chi connectivity index (χ1) is 8.76. The summed E-state index contributed by atoms with van der Waals surface area (Å²) in [5.41, 5.74) is 5.77. The summed E-state index contributed by atoms with van der Waals surface area (Å²) in [6.07, 6.45) is 3.02. The number of ether oxygens (including phenoxy) is 1. The van der Waals surface area contributed by atoms with Crippen LogP contribution in [0.15, 0.2) is 0 Å². The predicted molar refractivity (Wildman–Crippen MR) is 70.3 cm³/mol. The highest BCUT2D eigenvalue weighted by molar-refractivity contribution is 5.81. The third-order valence-corrected chi connectivity index (χ3v) is 4.06. The summed E-state index contributed by atoms with van der Waals surface area (Å²) in [7, 11) is 0. The maximum absolute atomic E-state index is 12.5. The molecule has 0 saturated carbocycles. The SMILES string of the molecule is CCN1CCO[C@@H](C(=O)N2CCCC[C@H]2CN)C1. The average molecular weight is 255 g/mol. The van der Waals surface area contributed by atoms with Crippen LogP contribution in [0, 0.1) is 0 Å². The number of piperidine rings is 1. The number of hydrogen-bond acceptors (Lipinski definition) is 4. The molecule has 18 heavy (non-hydrogen) atoms. The molecule has 0 unspecified atom stereocenters. The topological polar surface area (TPSA) is 58.8 Å². The van der Waals surface area contributed by atoms with E-state index in [1.165, 1.54) is 6.42 Å². The Hall–Kier alpha value is -0.650. The molecule has 0 aromatic carbocycles. The minimum absolute atomic E-state index is 0.142. The number of morpholine rings is 1. The van der Waals surface area contributed by atoms with Gasteiger partial charge in [-0.05, 0) is 25.8 Å². The highest BCUT2D eigenvalue weighted by Gasteiger charge is 2.33. The van der Waals surface area contributed by atoms with Crippen LogP contribution in [0.4, 0.5) is 0 Å². The van der Waals surface area contributed by atoms with Gasteiger partial charge in [-0.3, -0.25) is 9.69 Å². The quantitative estimate of drug-likeness (QED) is 0.774. The summed E-state index contributed by atoms with van der Waals surface area (Å²) in [6, 6.07) is 0.215. The molecule has 1 amide bonds. The molecule has 5 nitrogen and oxygen atoms in total. The predicted octanol–water partition coefficient (Wildman–Crippen LogP) is 0.0469. The van der Waals surface area contributed by atoms with Gasteiger partial charge in [-0.25, -0.2) is 0 Å². The summed E-state index contributed by atoms with van der Waals surface area (Å²) >= 11 is 0. The van der Waals surface area contributed by atoms with Gasteiger partial charge in [0.2, 0.25) is 0 Å². The summed E-state index contributed by atoms with van der Waals surface area (Å²) in [5.74, 6) is 0.142. The molecular formula is C13H25N3O2. The molecule has 0 radical (unpaired) electrons. The van der Waals surface area contributed by atoms with Gasteiger partial charge in [0.05, 0.1) is 6.61 Å². The molecule has 2 fully saturated rings. The molecule has 104 valence electrons. The first-order valence-corrected chi connectivity index (χ1v) is 7.10. The zero-order chi connectivity index (χ0) is 13.0. The van der Waals surface area contributed by atoms with Crippen LogP contribution in [0.25, 0.3) is 0 Å². The Balaban J connectivity index is 1.96. The van der Waals surface area contributed by atoms with Gasteiger partial charge in [-0.15, -0.1) is 0 Å². The normalized spacial score (nSPS) is 30.4. The van der Waals surface area contributed by atoms with E-state index < -0.39 is 0 Å². The summed E-state index contributed by atoms with van der Waals surface area (Å²) in [4.78, 5) is 16.7. The lowest BCUT2D eigenvalue weighted by atomic mass is 10.0. The lowest BCUT2D eigenvalue weighted by Crippen LogP contribution is -2.55. The first-order valence-electron chi connectivity index (χ1n) is 7.10. The molecule has 2 aliphatic heterocycles. The van der Waals surface area contributed by atoms with Crippen LogP contribution < -0.4 is 5.73 Å². The maximum Gasteiger partial charge on any atom is 0.253 e. The Morgan fingerprint density at radius 3 is 2.94 bits per heavy atom. The number of likely N-dealkylation sites (N-methyl/N-ethyl adjacent to an activating group) is 1. The van der Waals surface area contributed by atoms with Crippen LogP contribution in [0.3, 0.4) is 0 Å². The van der Waals surface area contributed by atoms with Crippen molar-refractivity contribution >= 4 is 5.91 Å². The molecular weight excluding hydrogens is 230 g/mol. The number of amides is 1.